The van der Waals surface area contributed by atoms with E-state index in [1.807, 2.05) is 25.1 Å². The lowest BCUT2D eigenvalue weighted by Crippen LogP contribution is -1.96. The molecule has 0 aliphatic rings. The van der Waals surface area contributed by atoms with E-state index in [1.54, 1.807) is 45.6 Å². The lowest BCUT2D eigenvalue weighted by atomic mass is 10.1. The fourth-order valence-corrected chi connectivity index (χ4v) is 2.26. The van der Waals surface area contributed by atoms with E-state index in [1.165, 1.54) is 6.08 Å². The molecule has 2 rings (SSSR count). The molecular weight excluding hydrogens is 292 g/mol. The highest BCUT2D eigenvalue weighted by atomic mass is 16.5. The molecule has 0 radical (unpaired) electrons. The molecule has 0 amide bonds. The van der Waals surface area contributed by atoms with Gasteiger partial charge in [0.2, 0.25) is 5.75 Å². The molecule has 0 saturated heterocycles. The SMILES string of the molecule is COc1cc(/C=C/C(=O)c2cccc(C)c2)cc(OC)c1OC. The molecule has 0 saturated carbocycles. The minimum absolute atomic E-state index is 0.0533. The number of hydrogen-bond donors (Lipinski definition) is 0. The molecule has 0 heterocycles. The van der Waals surface area contributed by atoms with Crippen molar-refractivity contribution in [1.82, 2.24) is 0 Å². The van der Waals surface area contributed by atoms with Gasteiger partial charge < -0.3 is 14.2 Å². The molecule has 23 heavy (non-hydrogen) atoms. The van der Waals surface area contributed by atoms with E-state index in [0.717, 1.165) is 11.1 Å². The second-order valence-corrected chi connectivity index (χ2v) is 5.03. The molecule has 2 aromatic carbocycles. The highest BCUT2D eigenvalue weighted by Gasteiger charge is 2.12. The first-order chi connectivity index (χ1) is 11.1. The smallest absolute Gasteiger partial charge is 0.203 e. The number of allylic oxidation sites excluding steroid dienone is 1. The Kier molecular flexibility index (Phi) is 5.41. The van der Waals surface area contributed by atoms with E-state index in [-0.39, 0.29) is 5.78 Å². The quantitative estimate of drug-likeness (QED) is 0.599. The standard InChI is InChI=1S/C19H20O4/c1-13-6-5-7-15(10-13)16(20)9-8-14-11-17(21-2)19(23-4)18(12-14)22-3/h5-12H,1-4H3/b9-8+. The van der Waals surface area contributed by atoms with E-state index < -0.39 is 0 Å². The van der Waals surface area contributed by atoms with Crippen molar-refractivity contribution < 1.29 is 19.0 Å². The van der Waals surface area contributed by atoms with Crippen LogP contribution in [0.3, 0.4) is 0 Å². The van der Waals surface area contributed by atoms with E-state index in [9.17, 15) is 4.79 Å². The van der Waals surface area contributed by atoms with Crippen molar-refractivity contribution in [3.8, 4) is 17.2 Å². The minimum Gasteiger partial charge on any atom is -0.493 e. The van der Waals surface area contributed by atoms with Crippen LogP contribution in [0.15, 0.2) is 42.5 Å². The molecule has 0 spiro atoms. The van der Waals surface area contributed by atoms with Gasteiger partial charge in [-0.3, -0.25) is 4.79 Å². The number of benzene rings is 2. The van der Waals surface area contributed by atoms with Gasteiger partial charge >= 0.3 is 0 Å². The second kappa shape index (κ2) is 7.49. The molecule has 0 aliphatic heterocycles. The Morgan fingerprint density at radius 2 is 1.61 bits per heavy atom. The third-order valence-electron chi connectivity index (χ3n) is 3.42. The topological polar surface area (TPSA) is 44.8 Å². The van der Waals surface area contributed by atoms with E-state index in [4.69, 9.17) is 14.2 Å². The van der Waals surface area contributed by atoms with E-state index in [2.05, 4.69) is 0 Å². The van der Waals surface area contributed by atoms with Crippen LogP contribution in [0.2, 0.25) is 0 Å². The van der Waals surface area contributed by atoms with Crippen molar-refractivity contribution in [2.45, 2.75) is 6.92 Å². The summed E-state index contributed by atoms with van der Waals surface area (Å²) in [5, 5.41) is 0. The Morgan fingerprint density at radius 3 is 2.13 bits per heavy atom. The van der Waals surface area contributed by atoms with Crippen LogP contribution in [0.1, 0.15) is 21.5 Å². The van der Waals surface area contributed by atoms with Crippen LogP contribution in [-0.4, -0.2) is 27.1 Å². The van der Waals surface area contributed by atoms with Gasteiger partial charge in [-0.1, -0.05) is 29.8 Å². The number of ketones is 1. The lowest BCUT2D eigenvalue weighted by molar-refractivity contribution is 0.104. The van der Waals surface area contributed by atoms with Crippen molar-refractivity contribution in [3.63, 3.8) is 0 Å². The summed E-state index contributed by atoms with van der Waals surface area (Å²) in [6.45, 7) is 1.96. The first kappa shape index (κ1) is 16.6. The summed E-state index contributed by atoms with van der Waals surface area (Å²) < 4.78 is 15.9. The molecular formula is C19H20O4. The average molecular weight is 312 g/mol. The Labute approximate surface area is 136 Å². The van der Waals surface area contributed by atoms with Crippen LogP contribution >= 0.6 is 0 Å². The zero-order valence-corrected chi connectivity index (χ0v) is 13.8. The summed E-state index contributed by atoms with van der Waals surface area (Å²) in [7, 11) is 4.67. The molecule has 0 aromatic heterocycles. The summed E-state index contributed by atoms with van der Waals surface area (Å²) in [4.78, 5) is 12.2. The normalized spacial score (nSPS) is 10.6. The van der Waals surface area contributed by atoms with Crippen molar-refractivity contribution in [2.24, 2.45) is 0 Å². The molecule has 4 heteroatoms. The van der Waals surface area contributed by atoms with Crippen LogP contribution in [0.5, 0.6) is 17.2 Å². The number of hydrogen-bond acceptors (Lipinski definition) is 4. The van der Waals surface area contributed by atoms with Crippen molar-refractivity contribution in [1.29, 1.82) is 0 Å². The van der Waals surface area contributed by atoms with Crippen LogP contribution in [-0.2, 0) is 0 Å². The Bertz CT molecular complexity index is 707. The first-order valence-electron chi connectivity index (χ1n) is 7.18. The molecule has 4 nitrogen and oxygen atoms in total. The van der Waals surface area contributed by atoms with Gasteiger partial charge in [0.1, 0.15) is 0 Å². The fourth-order valence-electron chi connectivity index (χ4n) is 2.26. The number of carbonyl (C=O) groups excluding carboxylic acids is 1. The summed E-state index contributed by atoms with van der Waals surface area (Å²) >= 11 is 0. The minimum atomic E-state index is -0.0533. The maximum Gasteiger partial charge on any atom is 0.203 e. The molecule has 0 atom stereocenters. The van der Waals surface area contributed by atoms with Crippen molar-refractivity contribution in [3.05, 3.63) is 59.2 Å². The highest BCUT2D eigenvalue weighted by Crippen LogP contribution is 2.38. The van der Waals surface area contributed by atoms with Crippen LogP contribution in [0.4, 0.5) is 0 Å². The van der Waals surface area contributed by atoms with Crippen LogP contribution in [0.25, 0.3) is 6.08 Å². The number of ether oxygens (including phenoxy) is 3. The monoisotopic (exact) mass is 312 g/mol. The van der Waals surface area contributed by atoms with Gasteiger partial charge in [0, 0.05) is 5.56 Å². The summed E-state index contributed by atoms with van der Waals surface area (Å²) in [6, 6.07) is 11.1. The van der Waals surface area contributed by atoms with E-state index in [0.29, 0.717) is 22.8 Å². The Morgan fingerprint density at radius 1 is 0.957 bits per heavy atom. The van der Waals surface area contributed by atoms with Crippen molar-refractivity contribution >= 4 is 11.9 Å². The number of methoxy groups -OCH3 is 3. The Hall–Kier alpha value is -2.75. The van der Waals surface area contributed by atoms with Crippen LogP contribution in [0, 0.1) is 6.92 Å². The van der Waals surface area contributed by atoms with Gasteiger partial charge in [0.25, 0.3) is 0 Å². The Balaban J connectivity index is 2.30. The van der Waals surface area contributed by atoms with Crippen molar-refractivity contribution in [2.75, 3.05) is 21.3 Å². The average Bonchev–Trinajstić information content (AvgIpc) is 2.58. The highest BCUT2D eigenvalue weighted by molar-refractivity contribution is 6.06. The molecule has 0 aliphatic carbocycles. The predicted octanol–water partition coefficient (Wildman–Crippen LogP) is 3.92. The van der Waals surface area contributed by atoms with Gasteiger partial charge in [-0.2, -0.15) is 0 Å². The molecule has 0 bridgehead atoms. The van der Waals surface area contributed by atoms with Gasteiger partial charge in [0.15, 0.2) is 17.3 Å². The maximum absolute atomic E-state index is 12.2. The summed E-state index contributed by atoms with van der Waals surface area (Å²) in [6.07, 6.45) is 3.27. The molecule has 0 unspecified atom stereocenters. The third kappa shape index (κ3) is 3.92. The van der Waals surface area contributed by atoms with Gasteiger partial charge in [-0.05, 0) is 36.8 Å². The van der Waals surface area contributed by atoms with Gasteiger partial charge in [-0.15, -0.1) is 0 Å². The number of carbonyl (C=O) groups is 1. The van der Waals surface area contributed by atoms with Crippen LogP contribution < -0.4 is 14.2 Å². The lowest BCUT2D eigenvalue weighted by Gasteiger charge is -2.12. The largest absolute Gasteiger partial charge is 0.493 e. The molecule has 0 fully saturated rings. The molecule has 0 N–H and O–H groups in total. The zero-order valence-electron chi connectivity index (χ0n) is 13.8. The summed E-state index contributed by atoms with van der Waals surface area (Å²) in [5.74, 6) is 1.57. The second-order valence-electron chi connectivity index (χ2n) is 5.03. The predicted molar refractivity (Wildman–Crippen MR) is 90.6 cm³/mol. The number of aryl methyl sites for hydroxylation is 1. The first-order valence-corrected chi connectivity index (χ1v) is 7.18. The molecule has 2 aromatic rings. The third-order valence-corrected chi connectivity index (χ3v) is 3.42. The van der Waals surface area contributed by atoms with E-state index >= 15 is 0 Å². The summed E-state index contributed by atoms with van der Waals surface area (Å²) in [5.41, 5.74) is 2.51. The zero-order chi connectivity index (χ0) is 16.8. The maximum atomic E-state index is 12.2. The van der Waals surface area contributed by atoms with Gasteiger partial charge in [0.05, 0.1) is 21.3 Å². The van der Waals surface area contributed by atoms with Gasteiger partial charge in [-0.25, -0.2) is 0 Å². The molecule has 120 valence electrons. The fraction of sp³-hybridized carbons (Fsp3) is 0.211. The number of rotatable bonds is 6.